The van der Waals surface area contributed by atoms with Crippen molar-refractivity contribution in [2.75, 3.05) is 27.9 Å². The second-order valence-corrected chi connectivity index (χ2v) is 2.87. The summed E-state index contributed by atoms with van der Waals surface area (Å²) in [5.41, 5.74) is 0. The van der Waals surface area contributed by atoms with E-state index in [0.717, 1.165) is 12.8 Å². The summed E-state index contributed by atoms with van der Waals surface area (Å²) in [6.07, 6.45) is 1.52. The predicted molar refractivity (Wildman–Crippen MR) is 42.7 cm³/mol. The molecule has 2 atom stereocenters. The number of ether oxygens (including phenoxy) is 4. The Bertz CT molecular complexity index is 139. The Morgan fingerprint density at radius 2 is 2.17 bits per heavy atom. The lowest BCUT2D eigenvalue weighted by Gasteiger charge is -2.26. The van der Waals surface area contributed by atoms with Crippen molar-refractivity contribution in [1.82, 2.24) is 0 Å². The van der Waals surface area contributed by atoms with E-state index >= 15 is 0 Å². The summed E-state index contributed by atoms with van der Waals surface area (Å²) < 4.78 is 20.8. The molecule has 0 saturated carbocycles. The van der Waals surface area contributed by atoms with Gasteiger partial charge in [0.1, 0.15) is 6.61 Å². The van der Waals surface area contributed by atoms with Crippen LogP contribution < -0.4 is 0 Å². The van der Waals surface area contributed by atoms with Gasteiger partial charge in [-0.3, -0.25) is 0 Å². The molecular formula is C8H16O4. The largest absolute Gasteiger partial charge is 0.379 e. The fourth-order valence-electron chi connectivity index (χ4n) is 1.40. The van der Waals surface area contributed by atoms with Gasteiger partial charge in [0.15, 0.2) is 12.1 Å². The van der Waals surface area contributed by atoms with Crippen LogP contribution in [0.25, 0.3) is 0 Å². The third-order valence-electron chi connectivity index (χ3n) is 2.11. The quantitative estimate of drug-likeness (QED) is 0.633. The summed E-state index contributed by atoms with van der Waals surface area (Å²) >= 11 is 0. The molecule has 1 aliphatic rings. The Labute approximate surface area is 72.7 Å². The second-order valence-electron chi connectivity index (χ2n) is 2.87. The van der Waals surface area contributed by atoms with Gasteiger partial charge in [0.2, 0.25) is 0 Å². The van der Waals surface area contributed by atoms with Crippen LogP contribution in [0.15, 0.2) is 0 Å². The normalized spacial score (nSPS) is 35.8. The molecule has 4 heteroatoms. The van der Waals surface area contributed by atoms with E-state index in [1.165, 1.54) is 0 Å². The van der Waals surface area contributed by atoms with Gasteiger partial charge in [-0.25, -0.2) is 0 Å². The zero-order chi connectivity index (χ0) is 9.03. The minimum atomic E-state index is -0.588. The maximum Gasteiger partial charge on any atom is 0.194 e. The highest BCUT2D eigenvalue weighted by molar-refractivity contribution is 4.76. The van der Waals surface area contributed by atoms with Gasteiger partial charge in [-0.2, -0.15) is 0 Å². The number of methoxy groups -OCH3 is 3. The zero-order valence-corrected chi connectivity index (χ0v) is 7.83. The van der Waals surface area contributed by atoms with Crippen molar-refractivity contribution >= 4 is 0 Å². The first-order chi connectivity index (χ1) is 5.76. The Morgan fingerprint density at radius 1 is 1.42 bits per heavy atom. The molecule has 1 fully saturated rings. The van der Waals surface area contributed by atoms with Crippen LogP contribution in [0.5, 0.6) is 0 Å². The smallest absolute Gasteiger partial charge is 0.194 e. The molecule has 1 heterocycles. The van der Waals surface area contributed by atoms with Crippen LogP contribution in [0.4, 0.5) is 0 Å². The van der Waals surface area contributed by atoms with Crippen molar-refractivity contribution in [2.45, 2.75) is 24.9 Å². The first-order valence-corrected chi connectivity index (χ1v) is 4.01. The summed E-state index contributed by atoms with van der Waals surface area (Å²) in [6, 6.07) is 0. The van der Waals surface area contributed by atoms with Gasteiger partial charge >= 0.3 is 0 Å². The highest BCUT2D eigenvalue weighted by atomic mass is 16.8. The SMILES string of the molecule is COC[C@@]1(OC)CC[C@H](OC)O1. The van der Waals surface area contributed by atoms with Crippen LogP contribution in [-0.2, 0) is 18.9 Å². The molecule has 0 aromatic carbocycles. The molecular weight excluding hydrogens is 160 g/mol. The maximum atomic E-state index is 5.52. The molecule has 0 N–H and O–H groups in total. The van der Waals surface area contributed by atoms with Crippen LogP contribution >= 0.6 is 0 Å². The first kappa shape index (κ1) is 9.92. The van der Waals surface area contributed by atoms with Gasteiger partial charge in [0.05, 0.1) is 0 Å². The average molecular weight is 176 g/mol. The number of hydrogen-bond donors (Lipinski definition) is 0. The monoisotopic (exact) mass is 176 g/mol. The van der Waals surface area contributed by atoms with Gasteiger partial charge < -0.3 is 18.9 Å². The van der Waals surface area contributed by atoms with Crippen LogP contribution in [0.3, 0.4) is 0 Å². The molecule has 0 aromatic rings. The molecule has 0 radical (unpaired) electrons. The van der Waals surface area contributed by atoms with Crippen molar-refractivity contribution in [3.63, 3.8) is 0 Å². The summed E-state index contributed by atoms with van der Waals surface area (Å²) in [6.45, 7) is 0.448. The maximum absolute atomic E-state index is 5.52. The van der Waals surface area contributed by atoms with Gasteiger partial charge in [0.25, 0.3) is 0 Å². The van der Waals surface area contributed by atoms with E-state index in [-0.39, 0.29) is 6.29 Å². The highest BCUT2D eigenvalue weighted by Crippen LogP contribution is 2.31. The van der Waals surface area contributed by atoms with E-state index in [9.17, 15) is 0 Å². The van der Waals surface area contributed by atoms with Gasteiger partial charge in [-0.05, 0) is 0 Å². The molecule has 1 saturated heterocycles. The second kappa shape index (κ2) is 4.18. The fraction of sp³-hybridized carbons (Fsp3) is 1.00. The highest BCUT2D eigenvalue weighted by Gasteiger charge is 2.40. The minimum absolute atomic E-state index is 0.153. The van der Waals surface area contributed by atoms with Crippen molar-refractivity contribution < 1.29 is 18.9 Å². The first-order valence-electron chi connectivity index (χ1n) is 4.01. The molecule has 0 bridgehead atoms. The predicted octanol–water partition coefficient (Wildman–Crippen LogP) is 0.758. The Morgan fingerprint density at radius 3 is 2.58 bits per heavy atom. The lowest BCUT2D eigenvalue weighted by molar-refractivity contribution is -0.271. The lowest BCUT2D eigenvalue weighted by atomic mass is 10.2. The molecule has 0 aliphatic carbocycles. The van der Waals surface area contributed by atoms with E-state index in [1.54, 1.807) is 21.3 Å². The van der Waals surface area contributed by atoms with Gasteiger partial charge in [-0.1, -0.05) is 0 Å². The van der Waals surface area contributed by atoms with Gasteiger partial charge in [0, 0.05) is 34.2 Å². The van der Waals surface area contributed by atoms with E-state index in [2.05, 4.69) is 0 Å². The fourth-order valence-corrected chi connectivity index (χ4v) is 1.40. The summed E-state index contributed by atoms with van der Waals surface area (Å²) in [7, 11) is 4.88. The Balaban J connectivity index is 2.47. The third-order valence-corrected chi connectivity index (χ3v) is 2.11. The topological polar surface area (TPSA) is 36.9 Å². The van der Waals surface area contributed by atoms with Crippen molar-refractivity contribution in [2.24, 2.45) is 0 Å². The molecule has 1 aliphatic heterocycles. The molecule has 12 heavy (non-hydrogen) atoms. The molecule has 0 aromatic heterocycles. The van der Waals surface area contributed by atoms with Crippen LogP contribution in [-0.4, -0.2) is 40.0 Å². The van der Waals surface area contributed by atoms with Crippen LogP contribution in [0.2, 0.25) is 0 Å². The summed E-state index contributed by atoms with van der Waals surface area (Å²) in [4.78, 5) is 0. The number of hydrogen-bond acceptors (Lipinski definition) is 4. The third kappa shape index (κ3) is 1.95. The van der Waals surface area contributed by atoms with Gasteiger partial charge in [-0.15, -0.1) is 0 Å². The molecule has 0 spiro atoms. The van der Waals surface area contributed by atoms with Crippen molar-refractivity contribution in [1.29, 1.82) is 0 Å². The standard InChI is InChI=1S/C8H16O4/c1-9-6-8(11-3)5-4-7(10-2)12-8/h7H,4-6H2,1-3H3/t7-,8-/m1/s1. The minimum Gasteiger partial charge on any atom is -0.379 e. The zero-order valence-electron chi connectivity index (χ0n) is 7.83. The van der Waals surface area contributed by atoms with E-state index < -0.39 is 5.79 Å². The molecule has 0 amide bonds. The van der Waals surface area contributed by atoms with E-state index in [0.29, 0.717) is 6.61 Å². The van der Waals surface area contributed by atoms with E-state index in [1.807, 2.05) is 0 Å². The summed E-state index contributed by atoms with van der Waals surface area (Å²) in [5, 5.41) is 0. The van der Waals surface area contributed by atoms with E-state index in [4.69, 9.17) is 18.9 Å². The molecule has 72 valence electrons. The molecule has 4 nitrogen and oxygen atoms in total. The van der Waals surface area contributed by atoms with Crippen LogP contribution in [0, 0.1) is 0 Å². The lowest BCUT2D eigenvalue weighted by Crippen LogP contribution is -2.36. The Hall–Kier alpha value is -0.160. The average Bonchev–Trinajstić information content (AvgIpc) is 2.50. The Kier molecular flexibility index (Phi) is 3.46. The van der Waals surface area contributed by atoms with Crippen molar-refractivity contribution in [3.05, 3.63) is 0 Å². The molecule has 1 rings (SSSR count). The van der Waals surface area contributed by atoms with Crippen molar-refractivity contribution in [3.8, 4) is 0 Å². The summed E-state index contributed by atoms with van der Waals surface area (Å²) in [5.74, 6) is -0.588. The van der Waals surface area contributed by atoms with Crippen LogP contribution in [0.1, 0.15) is 12.8 Å². The molecule has 0 unspecified atom stereocenters. The number of rotatable bonds is 4.